The second-order valence-electron chi connectivity index (χ2n) is 6.02. The molecule has 0 aliphatic rings. The normalized spacial score (nSPS) is 10.8. The Morgan fingerprint density at radius 1 is 1.18 bits per heavy atom. The SMILES string of the molecule is O=C(Nc1ccc(NCc2ccccc2)c(Cl)c1)c1cnc2sccn2c1=O. The Hall–Kier alpha value is -3.16. The number of nitrogens with one attached hydrogen (secondary N) is 2. The number of nitrogens with zero attached hydrogens (tertiary/aromatic N) is 2. The summed E-state index contributed by atoms with van der Waals surface area (Å²) in [6.45, 7) is 0.634. The number of aromatic nitrogens is 2. The molecule has 140 valence electrons. The first-order valence-electron chi connectivity index (χ1n) is 8.45. The van der Waals surface area contributed by atoms with Crippen molar-refractivity contribution in [3.8, 4) is 0 Å². The van der Waals surface area contributed by atoms with Crippen LogP contribution in [0, 0.1) is 0 Å². The van der Waals surface area contributed by atoms with Crippen LogP contribution in [0.5, 0.6) is 0 Å². The lowest BCUT2D eigenvalue weighted by atomic mass is 10.2. The Kier molecular flexibility index (Phi) is 5.10. The molecule has 0 atom stereocenters. The highest BCUT2D eigenvalue weighted by Gasteiger charge is 2.14. The van der Waals surface area contributed by atoms with Gasteiger partial charge in [-0.25, -0.2) is 4.98 Å². The highest BCUT2D eigenvalue weighted by molar-refractivity contribution is 7.15. The van der Waals surface area contributed by atoms with E-state index in [0.717, 1.165) is 11.3 Å². The largest absolute Gasteiger partial charge is 0.380 e. The smallest absolute Gasteiger partial charge is 0.271 e. The van der Waals surface area contributed by atoms with Crippen LogP contribution >= 0.6 is 22.9 Å². The maximum Gasteiger partial charge on any atom is 0.271 e. The number of amides is 1. The van der Waals surface area contributed by atoms with Crippen LogP contribution < -0.4 is 16.2 Å². The average Bonchev–Trinajstić information content (AvgIpc) is 3.18. The minimum Gasteiger partial charge on any atom is -0.380 e. The predicted molar refractivity (Wildman–Crippen MR) is 113 cm³/mol. The van der Waals surface area contributed by atoms with Crippen LogP contribution in [0.3, 0.4) is 0 Å². The lowest BCUT2D eigenvalue weighted by Gasteiger charge is -2.11. The van der Waals surface area contributed by atoms with Gasteiger partial charge in [-0.1, -0.05) is 41.9 Å². The summed E-state index contributed by atoms with van der Waals surface area (Å²) in [5.41, 5.74) is 1.95. The fraction of sp³-hybridized carbons (Fsp3) is 0.0500. The van der Waals surface area contributed by atoms with Crippen molar-refractivity contribution in [2.24, 2.45) is 0 Å². The van der Waals surface area contributed by atoms with Crippen LogP contribution in [-0.2, 0) is 6.54 Å². The monoisotopic (exact) mass is 410 g/mol. The lowest BCUT2D eigenvalue weighted by molar-refractivity contribution is 0.102. The summed E-state index contributed by atoms with van der Waals surface area (Å²) < 4.78 is 1.35. The standard InChI is InChI=1S/C20H15ClN4O2S/c21-16-10-14(6-7-17(16)22-11-13-4-2-1-3-5-13)24-18(26)15-12-23-20-25(19(15)27)8-9-28-20/h1-10,12,22H,11H2,(H,24,26). The first-order valence-corrected chi connectivity index (χ1v) is 9.71. The zero-order valence-electron chi connectivity index (χ0n) is 14.6. The number of benzene rings is 2. The van der Waals surface area contributed by atoms with Gasteiger partial charge in [-0.2, -0.15) is 0 Å². The van der Waals surface area contributed by atoms with Crippen molar-refractivity contribution < 1.29 is 4.79 Å². The van der Waals surface area contributed by atoms with Crippen LogP contribution in [0.15, 0.2) is 71.1 Å². The number of halogens is 1. The van der Waals surface area contributed by atoms with Gasteiger partial charge >= 0.3 is 0 Å². The summed E-state index contributed by atoms with van der Waals surface area (Å²) in [5, 5.41) is 8.17. The molecular formula is C20H15ClN4O2S. The summed E-state index contributed by atoms with van der Waals surface area (Å²) in [6, 6.07) is 15.1. The van der Waals surface area contributed by atoms with Gasteiger partial charge in [0.1, 0.15) is 5.56 Å². The third-order valence-electron chi connectivity index (χ3n) is 4.14. The van der Waals surface area contributed by atoms with Crippen LogP contribution in [0.25, 0.3) is 4.96 Å². The second kappa shape index (κ2) is 7.84. The summed E-state index contributed by atoms with van der Waals surface area (Å²) in [5.74, 6) is -0.529. The quantitative estimate of drug-likeness (QED) is 0.515. The molecule has 2 aromatic carbocycles. The maximum atomic E-state index is 12.5. The molecule has 28 heavy (non-hydrogen) atoms. The molecule has 0 aliphatic heterocycles. The molecule has 0 radical (unpaired) electrons. The molecule has 2 N–H and O–H groups in total. The van der Waals surface area contributed by atoms with Crippen molar-refractivity contribution in [1.29, 1.82) is 0 Å². The fourth-order valence-corrected chi connectivity index (χ4v) is 3.63. The van der Waals surface area contributed by atoms with Gasteiger partial charge in [0.15, 0.2) is 4.96 Å². The number of fused-ring (bicyclic) bond motifs is 1. The van der Waals surface area contributed by atoms with E-state index in [1.807, 2.05) is 30.3 Å². The Bertz CT molecular complexity index is 1200. The summed E-state index contributed by atoms with van der Waals surface area (Å²) in [6.07, 6.45) is 2.89. The predicted octanol–water partition coefficient (Wildman–Crippen LogP) is 4.27. The summed E-state index contributed by atoms with van der Waals surface area (Å²) in [4.78, 5) is 29.6. The van der Waals surface area contributed by atoms with E-state index in [0.29, 0.717) is 22.2 Å². The van der Waals surface area contributed by atoms with Crippen molar-refractivity contribution >= 4 is 45.2 Å². The van der Waals surface area contributed by atoms with Crippen molar-refractivity contribution in [3.05, 3.63) is 92.8 Å². The fourth-order valence-electron chi connectivity index (χ4n) is 2.71. The van der Waals surface area contributed by atoms with Crippen molar-refractivity contribution in [2.45, 2.75) is 6.54 Å². The van der Waals surface area contributed by atoms with E-state index < -0.39 is 11.5 Å². The van der Waals surface area contributed by atoms with E-state index in [-0.39, 0.29) is 5.56 Å². The van der Waals surface area contributed by atoms with Crippen molar-refractivity contribution in [1.82, 2.24) is 9.38 Å². The topological polar surface area (TPSA) is 75.5 Å². The van der Waals surface area contributed by atoms with Crippen molar-refractivity contribution in [2.75, 3.05) is 10.6 Å². The van der Waals surface area contributed by atoms with E-state index in [4.69, 9.17) is 11.6 Å². The van der Waals surface area contributed by atoms with Crippen molar-refractivity contribution in [3.63, 3.8) is 0 Å². The summed E-state index contributed by atoms with van der Waals surface area (Å²) in [7, 11) is 0. The van der Waals surface area contributed by atoms with Crippen LogP contribution in [0.2, 0.25) is 5.02 Å². The van der Waals surface area contributed by atoms with E-state index in [2.05, 4.69) is 15.6 Å². The van der Waals surface area contributed by atoms with E-state index in [1.54, 1.807) is 29.8 Å². The molecule has 2 aromatic heterocycles. The molecule has 0 bridgehead atoms. The van der Waals surface area contributed by atoms with Gasteiger partial charge in [-0.05, 0) is 23.8 Å². The Labute approximate surface area is 169 Å². The molecule has 0 saturated carbocycles. The van der Waals surface area contributed by atoms with Crippen LogP contribution in [0.4, 0.5) is 11.4 Å². The zero-order chi connectivity index (χ0) is 19.5. The first kappa shape index (κ1) is 18.2. The number of hydrogen-bond acceptors (Lipinski definition) is 5. The Balaban J connectivity index is 1.48. The average molecular weight is 411 g/mol. The highest BCUT2D eigenvalue weighted by Crippen LogP contribution is 2.26. The van der Waals surface area contributed by atoms with Gasteiger partial charge < -0.3 is 10.6 Å². The molecule has 0 unspecified atom stereocenters. The molecule has 0 spiro atoms. The lowest BCUT2D eigenvalue weighted by Crippen LogP contribution is -2.25. The van der Waals surface area contributed by atoms with E-state index in [1.165, 1.54) is 21.9 Å². The van der Waals surface area contributed by atoms with Gasteiger partial charge in [-0.15, -0.1) is 11.3 Å². The summed E-state index contributed by atoms with van der Waals surface area (Å²) >= 11 is 7.66. The number of rotatable bonds is 5. The molecule has 8 heteroatoms. The highest BCUT2D eigenvalue weighted by atomic mass is 35.5. The molecule has 4 rings (SSSR count). The number of anilines is 2. The Morgan fingerprint density at radius 3 is 2.79 bits per heavy atom. The minimum atomic E-state index is -0.529. The number of carbonyl (C=O) groups is 1. The minimum absolute atomic E-state index is 0.0294. The molecular weight excluding hydrogens is 396 g/mol. The molecule has 0 fully saturated rings. The van der Waals surface area contributed by atoms with Gasteiger partial charge in [0, 0.05) is 30.0 Å². The van der Waals surface area contributed by atoms with Gasteiger partial charge in [0.25, 0.3) is 11.5 Å². The van der Waals surface area contributed by atoms with Crippen LogP contribution in [0.1, 0.15) is 15.9 Å². The maximum absolute atomic E-state index is 12.5. The van der Waals surface area contributed by atoms with Gasteiger partial charge in [-0.3, -0.25) is 14.0 Å². The van der Waals surface area contributed by atoms with E-state index >= 15 is 0 Å². The number of thiazole rings is 1. The zero-order valence-corrected chi connectivity index (χ0v) is 16.1. The molecule has 6 nitrogen and oxygen atoms in total. The van der Waals surface area contributed by atoms with E-state index in [9.17, 15) is 9.59 Å². The molecule has 0 saturated heterocycles. The second-order valence-corrected chi connectivity index (χ2v) is 7.30. The van der Waals surface area contributed by atoms with Gasteiger partial charge in [0.05, 0.1) is 10.7 Å². The molecule has 0 aliphatic carbocycles. The number of carbonyl (C=O) groups excluding carboxylic acids is 1. The first-order chi connectivity index (χ1) is 13.6. The third-order valence-corrected chi connectivity index (χ3v) is 5.22. The van der Waals surface area contributed by atoms with Crippen LogP contribution in [-0.4, -0.2) is 15.3 Å². The third kappa shape index (κ3) is 3.76. The Morgan fingerprint density at radius 2 is 2.00 bits per heavy atom. The van der Waals surface area contributed by atoms with Gasteiger partial charge in [0.2, 0.25) is 0 Å². The molecule has 4 aromatic rings. The number of hydrogen-bond donors (Lipinski definition) is 2. The molecule has 1 amide bonds. The molecule has 2 heterocycles.